The first-order valence-corrected chi connectivity index (χ1v) is 3.35. The van der Waals surface area contributed by atoms with E-state index < -0.39 is 11.5 Å². The Balaban J connectivity index is 0.000000845. The summed E-state index contributed by atoms with van der Waals surface area (Å²) in [6.07, 6.45) is 6.38. The largest absolute Gasteiger partial charge is 0.479 e. The minimum Gasteiger partial charge on any atom is -0.479 e. The smallest absolute Gasteiger partial charge is 0.344 e. The number of fused-ring (bicyclic) bond motifs is 1. The molecule has 0 amide bonds. The second kappa shape index (κ2) is 4.43. The van der Waals surface area contributed by atoms with Gasteiger partial charge in [-0.15, -0.1) is 10.2 Å². The number of hydrogen-bond donors (Lipinski definition) is 2. The summed E-state index contributed by atoms with van der Waals surface area (Å²) in [5.41, 5.74) is -0.994. The second-order valence-electron chi connectivity index (χ2n) is 2.46. The van der Waals surface area contributed by atoms with E-state index in [0.717, 1.165) is 0 Å². The molecule has 0 aromatic heterocycles. The first kappa shape index (κ1) is 12.9. The van der Waals surface area contributed by atoms with Crippen molar-refractivity contribution < 1.29 is 32.3 Å². The van der Waals surface area contributed by atoms with Gasteiger partial charge in [-0.3, -0.25) is 0 Å². The number of aliphatic carboxylic acids is 1. The van der Waals surface area contributed by atoms with Gasteiger partial charge >= 0.3 is 5.97 Å². The second-order valence-corrected chi connectivity index (χ2v) is 2.46. The van der Waals surface area contributed by atoms with Gasteiger partial charge in [-0.2, -0.15) is 0 Å². The summed E-state index contributed by atoms with van der Waals surface area (Å²) in [5.74, 6) is -1.05. The molecule has 6 nitrogen and oxygen atoms in total. The molecular weight excluding hydrogens is 280 g/mol. The topological polar surface area (TPSA) is 109 Å². The van der Waals surface area contributed by atoms with E-state index >= 15 is 0 Å². The SMILES string of the molecule is N.O=C(O)C12C=CC=CC1=NN=N2.[Ag]. The fraction of sp³-hybridized carbons (Fsp3) is 0.143. The summed E-state index contributed by atoms with van der Waals surface area (Å²) in [4.78, 5) is 10.8. The van der Waals surface area contributed by atoms with E-state index in [4.69, 9.17) is 5.11 Å². The average molecular weight is 288 g/mol. The maximum Gasteiger partial charge on any atom is 0.344 e. The minimum atomic E-state index is -1.35. The Kier molecular flexibility index (Phi) is 4.09. The van der Waals surface area contributed by atoms with Gasteiger partial charge < -0.3 is 11.3 Å². The predicted octanol–water partition coefficient (Wildman–Crippen LogP) is 0.917. The molecule has 0 spiro atoms. The quantitative estimate of drug-likeness (QED) is 0.700. The van der Waals surface area contributed by atoms with Crippen molar-refractivity contribution >= 4 is 11.7 Å². The van der Waals surface area contributed by atoms with E-state index in [0.29, 0.717) is 5.71 Å². The zero-order valence-corrected chi connectivity index (χ0v) is 8.50. The fourth-order valence-electron chi connectivity index (χ4n) is 1.11. The number of carbonyl (C=O) groups is 1. The van der Waals surface area contributed by atoms with Gasteiger partial charge in [0.05, 0.1) is 0 Å². The Morgan fingerprint density at radius 2 is 2.14 bits per heavy atom. The molecule has 0 bridgehead atoms. The predicted molar refractivity (Wildman–Crippen MR) is 46.0 cm³/mol. The summed E-state index contributed by atoms with van der Waals surface area (Å²) in [5, 5.41) is 19.4. The molecule has 0 aromatic carbocycles. The van der Waals surface area contributed by atoms with Crippen LogP contribution in [0, 0.1) is 0 Å². The fourth-order valence-corrected chi connectivity index (χ4v) is 1.11. The van der Waals surface area contributed by atoms with Crippen LogP contribution >= 0.6 is 0 Å². The van der Waals surface area contributed by atoms with Gasteiger partial charge in [0.2, 0.25) is 5.54 Å². The first-order chi connectivity index (χ1) is 5.76. The Labute approximate surface area is 95.6 Å². The molecule has 1 heterocycles. The van der Waals surface area contributed by atoms with Crippen LogP contribution in [0.5, 0.6) is 0 Å². The van der Waals surface area contributed by atoms with Gasteiger partial charge in [-0.25, -0.2) is 4.79 Å². The standard InChI is InChI=1S/C7H5N3O2.Ag.H3N/c11-6(12)7-4-2-1-3-5(7)8-10-9-7;;/h1-4H,(H,11,12);;1H3. The first-order valence-electron chi connectivity index (χ1n) is 3.35. The molecule has 1 atom stereocenters. The maximum absolute atomic E-state index is 10.8. The third kappa shape index (κ3) is 1.60. The van der Waals surface area contributed by atoms with Crippen molar-refractivity contribution in [3.05, 3.63) is 24.3 Å². The summed E-state index contributed by atoms with van der Waals surface area (Å²) >= 11 is 0. The van der Waals surface area contributed by atoms with Crippen molar-refractivity contribution in [1.82, 2.24) is 6.15 Å². The van der Waals surface area contributed by atoms with Crippen LogP contribution in [0.25, 0.3) is 0 Å². The minimum absolute atomic E-state index is 0. The van der Waals surface area contributed by atoms with Gasteiger partial charge in [-0.05, 0) is 17.4 Å². The van der Waals surface area contributed by atoms with Gasteiger partial charge in [-0.1, -0.05) is 12.2 Å². The molecule has 1 radical (unpaired) electrons. The van der Waals surface area contributed by atoms with Crippen molar-refractivity contribution in [2.24, 2.45) is 15.4 Å². The molecule has 0 fully saturated rings. The van der Waals surface area contributed by atoms with E-state index in [1.165, 1.54) is 6.08 Å². The number of carboxylic acids is 1. The number of rotatable bonds is 1. The summed E-state index contributed by atoms with van der Waals surface area (Å²) in [6.45, 7) is 0. The van der Waals surface area contributed by atoms with Gasteiger partial charge in [0.15, 0.2) is 0 Å². The van der Waals surface area contributed by atoms with E-state index in [1.54, 1.807) is 18.2 Å². The number of hydrogen-bond acceptors (Lipinski definition) is 5. The van der Waals surface area contributed by atoms with Gasteiger partial charge in [0, 0.05) is 22.4 Å². The number of carboxylic acid groups (broad SMARTS) is 1. The van der Waals surface area contributed by atoms with Crippen molar-refractivity contribution in [1.29, 1.82) is 0 Å². The van der Waals surface area contributed by atoms with Crippen LogP contribution in [0.3, 0.4) is 0 Å². The summed E-state index contributed by atoms with van der Waals surface area (Å²) in [6, 6.07) is 0. The Morgan fingerprint density at radius 1 is 1.43 bits per heavy atom. The number of allylic oxidation sites excluding steroid dienone is 2. The molecule has 79 valence electrons. The monoisotopic (exact) mass is 287 g/mol. The molecule has 0 aromatic rings. The molecule has 2 aliphatic rings. The zero-order valence-electron chi connectivity index (χ0n) is 7.02. The Hall–Kier alpha value is -1.08. The molecule has 0 saturated carbocycles. The third-order valence-corrected chi connectivity index (χ3v) is 1.77. The van der Waals surface area contributed by atoms with Gasteiger partial charge in [0.25, 0.3) is 0 Å². The normalized spacial score (nSPS) is 25.9. The van der Waals surface area contributed by atoms with Crippen LogP contribution in [-0.2, 0) is 27.2 Å². The summed E-state index contributed by atoms with van der Waals surface area (Å²) < 4.78 is 0. The van der Waals surface area contributed by atoms with Crippen LogP contribution in [0.2, 0.25) is 0 Å². The number of nitrogens with zero attached hydrogens (tertiary/aromatic N) is 3. The molecule has 7 heteroatoms. The zero-order chi connectivity index (χ0) is 8.60. The average Bonchev–Trinajstić information content (AvgIpc) is 2.48. The van der Waals surface area contributed by atoms with Crippen LogP contribution in [-0.4, -0.2) is 22.3 Å². The van der Waals surface area contributed by atoms with Gasteiger partial charge in [0.1, 0.15) is 5.71 Å². The Morgan fingerprint density at radius 3 is 2.71 bits per heavy atom. The van der Waals surface area contributed by atoms with Crippen LogP contribution < -0.4 is 6.15 Å². The van der Waals surface area contributed by atoms with Crippen molar-refractivity contribution in [2.75, 3.05) is 0 Å². The maximum atomic E-state index is 10.8. The molecule has 2 rings (SSSR count). The molecule has 1 aliphatic carbocycles. The molecule has 4 N–H and O–H groups in total. The summed E-state index contributed by atoms with van der Waals surface area (Å²) in [7, 11) is 0. The Bertz CT molecular complexity index is 361. The van der Waals surface area contributed by atoms with E-state index in [1.807, 2.05) is 0 Å². The van der Waals surface area contributed by atoms with Crippen LogP contribution in [0.1, 0.15) is 0 Å². The van der Waals surface area contributed by atoms with E-state index in [2.05, 4.69) is 15.4 Å². The third-order valence-electron chi connectivity index (χ3n) is 1.77. The molecular formula is C7H8AgN4O2. The van der Waals surface area contributed by atoms with Crippen LogP contribution in [0.4, 0.5) is 0 Å². The van der Waals surface area contributed by atoms with E-state index in [-0.39, 0.29) is 28.5 Å². The van der Waals surface area contributed by atoms with E-state index in [9.17, 15) is 4.79 Å². The van der Waals surface area contributed by atoms with Crippen molar-refractivity contribution in [2.45, 2.75) is 5.54 Å². The molecule has 1 unspecified atom stereocenters. The van der Waals surface area contributed by atoms with Crippen molar-refractivity contribution in [3.8, 4) is 0 Å². The van der Waals surface area contributed by atoms with Crippen molar-refractivity contribution in [3.63, 3.8) is 0 Å². The van der Waals surface area contributed by atoms with Crippen LogP contribution in [0.15, 0.2) is 39.7 Å². The molecule has 14 heavy (non-hydrogen) atoms. The molecule has 1 aliphatic heterocycles. The molecule has 0 saturated heterocycles.